The number of aliphatic hydroxyl groups is 4. The second kappa shape index (κ2) is 3.85. The summed E-state index contributed by atoms with van der Waals surface area (Å²) >= 11 is 0. The van der Waals surface area contributed by atoms with Crippen LogP contribution in [0.5, 0.6) is 0 Å². The molecule has 0 aromatic carbocycles. The van der Waals surface area contributed by atoms with Crippen molar-refractivity contribution in [3.63, 3.8) is 0 Å². The third kappa shape index (κ3) is 3.76. The average Bonchev–Trinajstić information content (AvgIpc) is 1.80. The van der Waals surface area contributed by atoms with Crippen molar-refractivity contribution in [1.82, 2.24) is 5.32 Å². The van der Waals surface area contributed by atoms with Crippen LogP contribution in [0.2, 0.25) is 0 Å². The molecule has 0 aliphatic carbocycles. The standard InChI is InChI=1S/C5H13NO4/c1-4(5(8,9)10)6-2-3-7/h4,6-10H,2-3H2,1H3. The Kier molecular flexibility index (Phi) is 3.77. The van der Waals surface area contributed by atoms with Gasteiger partial charge in [-0.1, -0.05) is 0 Å². The summed E-state index contributed by atoms with van der Waals surface area (Å²) in [4.78, 5) is 0. The Hall–Kier alpha value is -0.200. The van der Waals surface area contributed by atoms with Crippen molar-refractivity contribution >= 4 is 0 Å². The van der Waals surface area contributed by atoms with E-state index in [9.17, 15) is 0 Å². The number of hydrogen-bond acceptors (Lipinski definition) is 5. The van der Waals surface area contributed by atoms with Crippen LogP contribution in [0.25, 0.3) is 0 Å². The lowest BCUT2D eigenvalue weighted by molar-refractivity contribution is -0.324. The van der Waals surface area contributed by atoms with Gasteiger partial charge in [0, 0.05) is 6.54 Å². The number of hydrogen-bond donors (Lipinski definition) is 5. The van der Waals surface area contributed by atoms with Gasteiger partial charge >= 0.3 is 0 Å². The molecule has 0 radical (unpaired) electrons. The molecular weight excluding hydrogens is 138 g/mol. The van der Waals surface area contributed by atoms with Gasteiger partial charge in [0.25, 0.3) is 5.97 Å². The summed E-state index contributed by atoms with van der Waals surface area (Å²) in [5, 5.41) is 36.2. The Morgan fingerprint density at radius 3 is 2.20 bits per heavy atom. The molecular formula is C5H13NO4. The highest BCUT2D eigenvalue weighted by Crippen LogP contribution is 1.98. The minimum Gasteiger partial charge on any atom is -0.395 e. The normalized spacial score (nSPS) is 15.3. The highest BCUT2D eigenvalue weighted by Gasteiger charge is 2.26. The molecule has 0 saturated heterocycles. The van der Waals surface area contributed by atoms with Gasteiger partial charge in [-0.2, -0.15) is 0 Å². The zero-order valence-corrected chi connectivity index (χ0v) is 5.78. The highest BCUT2D eigenvalue weighted by molar-refractivity contribution is 4.66. The van der Waals surface area contributed by atoms with Crippen LogP contribution in [0.4, 0.5) is 0 Å². The topological polar surface area (TPSA) is 93.0 Å². The van der Waals surface area contributed by atoms with E-state index in [1.54, 1.807) is 0 Å². The van der Waals surface area contributed by atoms with E-state index in [0.717, 1.165) is 0 Å². The van der Waals surface area contributed by atoms with E-state index in [1.165, 1.54) is 6.92 Å². The molecule has 0 bridgehead atoms. The Morgan fingerprint density at radius 1 is 1.40 bits per heavy atom. The third-order valence-corrected chi connectivity index (χ3v) is 1.14. The number of rotatable bonds is 4. The second-order valence-corrected chi connectivity index (χ2v) is 2.09. The molecule has 1 unspecified atom stereocenters. The van der Waals surface area contributed by atoms with E-state index in [-0.39, 0.29) is 13.2 Å². The molecule has 10 heavy (non-hydrogen) atoms. The van der Waals surface area contributed by atoms with Crippen molar-refractivity contribution in [3.05, 3.63) is 0 Å². The fraction of sp³-hybridized carbons (Fsp3) is 1.00. The van der Waals surface area contributed by atoms with Gasteiger partial charge in [-0.15, -0.1) is 0 Å². The van der Waals surface area contributed by atoms with Crippen molar-refractivity contribution < 1.29 is 20.4 Å². The maximum Gasteiger partial charge on any atom is 0.291 e. The summed E-state index contributed by atoms with van der Waals surface area (Å²) in [6.45, 7) is 1.49. The van der Waals surface area contributed by atoms with E-state index >= 15 is 0 Å². The lowest BCUT2D eigenvalue weighted by atomic mass is 10.3. The van der Waals surface area contributed by atoms with Crippen LogP contribution < -0.4 is 5.32 Å². The Morgan fingerprint density at radius 2 is 1.90 bits per heavy atom. The van der Waals surface area contributed by atoms with Gasteiger partial charge < -0.3 is 25.7 Å². The van der Waals surface area contributed by atoms with Crippen LogP contribution in [0.15, 0.2) is 0 Å². The summed E-state index contributed by atoms with van der Waals surface area (Å²) in [5.74, 6) is -2.71. The molecule has 0 rings (SSSR count). The van der Waals surface area contributed by atoms with Gasteiger partial charge in [0.1, 0.15) is 0 Å². The maximum atomic E-state index is 8.48. The van der Waals surface area contributed by atoms with E-state index in [0.29, 0.717) is 0 Å². The lowest BCUT2D eigenvalue weighted by Crippen LogP contribution is -2.49. The average molecular weight is 151 g/mol. The van der Waals surface area contributed by atoms with Crippen molar-refractivity contribution in [2.24, 2.45) is 0 Å². The third-order valence-electron chi connectivity index (χ3n) is 1.14. The summed E-state index contributed by atoms with van der Waals surface area (Å²) in [6.07, 6.45) is 0. The van der Waals surface area contributed by atoms with E-state index in [2.05, 4.69) is 5.32 Å². The van der Waals surface area contributed by atoms with Gasteiger partial charge in [0.05, 0.1) is 12.6 Å². The van der Waals surface area contributed by atoms with Gasteiger partial charge in [-0.3, -0.25) is 0 Å². The minimum absolute atomic E-state index is 0.111. The molecule has 1 atom stereocenters. The van der Waals surface area contributed by atoms with Crippen LogP contribution in [0.1, 0.15) is 6.92 Å². The van der Waals surface area contributed by atoms with E-state index in [4.69, 9.17) is 20.4 Å². The molecule has 5 nitrogen and oxygen atoms in total. The fourth-order valence-electron chi connectivity index (χ4n) is 0.418. The van der Waals surface area contributed by atoms with Crippen molar-refractivity contribution in [1.29, 1.82) is 0 Å². The maximum absolute atomic E-state index is 8.48. The Bertz CT molecular complexity index is 90.1. The number of nitrogens with one attached hydrogen (secondary N) is 1. The van der Waals surface area contributed by atoms with Crippen molar-refractivity contribution in [3.8, 4) is 0 Å². The van der Waals surface area contributed by atoms with Crippen molar-refractivity contribution in [2.75, 3.05) is 13.2 Å². The zero-order chi connectivity index (χ0) is 8.20. The summed E-state index contributed by atoms with van der Waals surface area (Å²) < 4.78 is 0. The minimum atomic E-state index is -2.71. The monoisotopic (exact) mass is 151 g/mol. The second-order valence-electron chi connectivity index (χ2n) is 2.09. The SMILES string of the molecule is CC(NCCO)C(O)(O)O. The molecule has 0 spiro atoms. The summed E-state index contributed by atoms with van der Waals surface area (Å²) in [5.41, 5.74) is 0. The number of aliphatic hydroxyl groups excluding tert-OH is 1. The van der Waals surface area contributed by atoms with Crippen LogP contribution in [-0.2, 0) is 0 Å². The van der Waals surface area contributed by atoms with E-state index < -0.39 is 12.0 Å². The predicted octanol–water partition coefficient (Wildman–Crippen LogP) is -2.41. The Labute approximate surface area is 58.9 Å². The first-order chi connectivity index (χ1) is 4.48. The molecule has 0 aliphatic heterocycles. The first-order valence-electron chi connectivity index (χ1n) is 3.00. The van der Waals surface area contributed by atoms with Crippen LogP contribution in [0, 0.1) is 0 Å². The first-order valence-corrected chi connectivity index (χ1v) is 3.00. The predicted molar refractivity (Wildman–Crippen MR) is 33.9 cm³/mol. The molecule has 0 fully saturated rings. The summed E-state index contributed by atoms with van der Waals surface area (Å²) in [6, 6.07) is -0.875. The van der Waals surface area contributed by atoms with Crippen LogP contribution in [0.3, 0.4) is 0 Å². The zero-order valence-electron chi connectivity index (χ0n) is 5.78. The van der Waals surface area contributed by atoms with E-state index in [1.807, 2.05) is 0 Å². The van der Waals surface area contributed by atoms with Gasteiger partial charge in [-0.05, 0) is 6.92 Å². The molecule has 0 aliphatic rings. The molecule has 0 aromatic rings. The smallest absolute Gasteiger partial charge is 0.291 e. The van der Waals surface area contributed by atoms with Crippen LogP contribution >= 0.6 is 0 Å². The highest BCUT2D eigenvalue weighted by atomic mass is 16.7. The molecule has 0 aromatic heterocycles. The van der Waals surface area contributed by atoms with Gasteiger partial charge in [-0.25, -0.2) is 0 Å². The quantitative estimate of drug-likeness (QED) is 0.288. The largest absolute Gasteiger partial charge is 0.395 e. The lowest BCUT2D eigenvalue weighted by Gasteiger charge is -2.22. The van der Waals surface area contributed by atoms with Crippen molar-refractivity contribution in [2.45, 2.75) is 18.9 Å². The fourth-order valence-corrected chi connectivity index (χ4v) is 0.418. The Balaban J connectivity index is 3.52. The van der Waals surface area contributed by atoms with Crippen LogP contribution in [-0.4, -0.2) is 45.6 Å². The first kappa shape index (κ1) is 9.80. The van der Waals surface area contributed by atoms with Gasteiger partial charge in [0.2, 0.25) is 0 Å². The molecule has 0 heterocycles. The molecule has 0 saturated carbocycles. The van der Waals surface area contributed by atoms with Gasteiger partial charge in [0.15, 0.2) is 0 Å². The molecule has 5 N–H and O–H groups in total. The molecule has 5 heteroatoms. The molecule has 0 amide bonds. The summed E-state index contributed by atoms with van der Waals surface area (Å²) in [7, 11) is 0. The molecule has 62 valence electrons.